The molecule has 0 fully saturated rings. The number of thiocarbonyl (C=S) groups is 1. The zero-order chi connectivity index (χ0) is 12.3. The second kappa shape index (κ2) is 5.07. The first kappa shape index (κ1) is 12.6. The molecule has 0 spiro atoms. The molecular weight excluding hydrogens is 224 g/mol. The normalized spacial score (nSPS) is 12.2. The fraction of sp³-hybridized carbons (Fsp3) is 0.500. The Morgan fingerprint density at radius 2 is 2.38 bits per heavy atom. The van der Waals surface area contributed by atoms with Gasteiger partial charge in [0.15, 0.2) is 0 Å². The quantitative estimate of drug-likeness (QED) is 0.746. The van der Waals surface area contributed by atoms with Crippen molar-refractivity contribution in [1.82, 2.24) is 15.1 Å². The Morgan fingerprint density at radius 1 is 1.75 bits per heavy atom. The highest BCUT2D eigenvalue weighted by Gasteiger charge is 2.13. The van der Waals surface area contributed by atoms with Gasteiger partial charge in [0.2, 0.25) is 0 Å². The molecule has 0 aliphatic rings. The van der Waals surface area contributed by atoms with Gasteiger partial charge in [0.1, 0.15) is 0 Å². The van der Waals surface area contributed by atoms with Crippen molar-refractivity contribution in [3.05, 3.63) is 17.5 Å². The van der Waals surface area contributed by atoms with Crippen LogP contribution in [0, 0.1) is 12.8 Å². The van der Waals surface area contributed by atoms with Crippen molar-refractivity contribution in [1.29, 1.82) is 0 Å². The average Bonchev–Trinajstić information content (AvgIpc) is 2.55. The van der Waals surface area contributed by atoms with Crippen molar-refractivity contribution in [2.45, 2.75) is 13.8 Å². The van der Waals surface area contributed by atoms with E-state index in [1.54, 1.807) is 17.9 Å². The van der Waals surface area contributed by atoms with Crippen LogP contribution in [0.4, 0.5) is 0 Å². The number of hydrogen-bond acceptors (Lipinski definition) is 3. The minimum absolute atomic E-state index is 0.00377. The molecule has 0 aromatic carbocycles. The number of nitrogens with two attached hydrogens (primary N) is 1. The Bertz CT molecular complexity index is 413. The van der Waals surface area contributed by atoms with E-state index in [9.17, 15) is 4.79 Å². The Labute approximate surface area is 100 Å². The molecule has 1 atom stereocenters. The van der Waals surface area contributed by atoms with E-state index < -0.39 is 0 Å². The first-order valence-electron chi connectivity index (χ1n) is 4.99. The van der Waals surface area contributed by atoms with Crippen LogP contribution in [-0.4, -0.2) is 27.2 Å². The molecule has 0 aliphatic carbocycles. The Morgan fingerprint density at radius 3 is 2.81 bits per heavy atom. The molecule has 88 valence electrons. The molecule has 3 N–H and O–H groups in total. The molecule has 1 heterocycles. The van der Waals surface area contributed by atoms with Crippen LogP contribution < -0.4 is 11.1 Å². The van der Waals surface area contributed by atoms with Gasteiger partial charge in [-0.2, -0.15) is 5.10 Å². The van der Waals surface area contributed by atoms with E-state index in [1.807, 2.05) is 13.8 Å². The highest BCUT2D eigenvalue weighted by Crippen LogP contribution is 2.05. The standard InChI is InChI=1S/C10H16N4OS/c1-6(9(11)16)4-12-10(15)8-5-13-14(3)7(8)2/h5-6H,4H2,1-3H3,(H2,11,16)(H,12,15). The maximum absolute atomic E-state index is 11.8. The summed E-state index contributed by atoms with van der Waals surface area (Å²) in [4.78, 5) is 12.2. The maximum Gasteiger partial charge on any atom is 0.254 e. The minimum atomic E-state index is -0.145. The molecule has 1 rings (SSSR count). The zero-order valence-electron chi connectivity index (χ0n) is 9.65. The van der Waals surface area contributed by atoms with Gasteiger partial charge in [-0.05, 0) is 6.92 Å². The molecule has 1 aromatic rings. The maximum atomic E-state index is 11.8. The lowest BCUT2D eigenvalue weighted by atomic mass is 10.1. The van der Waals surface area contributed by atoms with Crippen molar-refractivity contribution in [2.24, 2.45) is 18.7 Å². The fourth-order valence-electron chi connectivity index (χ4n) is 1.16. The van der Waals surface area contributed by atoms with Crippen LogP contribution in [0.5, 0.6) is 0 Å². The van der Waals surface area contributed by atoms with Crippen LogP contribution in [-0.2, 0) is 7.05 Å². The summed E-state index contributed by atoms with van der Waals surface area (Å²) in [5, 5.41) is 6.78. The summed E-state index contributed by atoms with van der Waals surface area (Å²) < 4.78 is 1.66. The number of rotatable bonds is 4. The summed E-state index contributed by atoms with van der Waals surface area (Å²) in [6.07, 6.45) is 1.55. The monoisotopic (exact) mass is 240 g/mol. The van der Waals surface area contributed by atoms with Crippen molar-refractivity contribution < 1.29 is 4.79 Å². The van der Waals surface area contributed by atoms with Gasteiger partial charge in [0, 0.05) is 25.2 Å². The molecule has 0 radical (unpaired) electrons. The van der Waals surface area contributed by atoms with E-state index in [0.717, 1.165) is 5.69 Å². The van der Waals surface area contributed by atoms with E-state index in [4.69, 9.17) is 18.0 Å². The average molecular weight is 240 g/mol. The summed E-state index contributed by atoms with van der Waals surface area (Å²) in [6.45, 7) is 4.17. The summed E-state index contributed by atoms with van der Waals surface area (Å²) in [5.74, 6) is -0.148. The molecule has 6 heteroatoms. The van der Waals surface area contributed by atoms with Crippen LogP contribution in [0.15, 0.2) is 6.20 Å². The molecule has 5 nitrogen and oxygen atoms in total. The van der Waals surface area contributed by atoms with Crippen molar-refractivity contribution in [3.63, 3.8) is 0 Å². The molecule has 0 saturated carbocycles. The van der Waals surface area contributed by atoms with Crippen LogP contribution in [0.25, 0.3) is 0 Å². The zero-order valence-corrected chi connectivity index (χ0v) is 10.5. The van der Waals surface area contributed by atoms with Gasteiger partial charge in [-0.1, -0.05) is 19.1 Å². The van der Waals surface area contributed by atoms with Crippen LogP contribution in [0.1, 0.15) is 23.0 Å². The second-order valence-corrected chi connectivity index (χ2v) is 4.25. The molecular formula is C10H16N4OS. The molecule has 1 unspecified atom stereocenters. The van der Waals surface area contributed by atoms with Gasteiger partial charge < -0.3 is 11.1 Å². The molecule has 0 bridgehead atoms. The van der Waals surface area contributed by atoms with E-state index >= 15 is 0 Å². The van der Waals surface area contributed by atoms with E-state index in [-0.39, 0.29) is 11.8 Å². The summed E-state index contributed by atoms with van der Waals surface area (Å²) in [5.41, 5.74) is 6.87. The van der Waals surface area contributed by atoms with Crippen molar-refractivity contribution in [2.75, 3.05) is 6.54 Å². The number of nitrogens with one attached hydrogen (secondary N) is 1. The lowest BCUT2D eigenvalue weighted by Gasteiger charge is -2.10. The van der Waals surface area contributed by atoms with Crippen molar-refractivity contribution >= 4 is 23.1 Å². The minimum Gasteiger partial charge on any atom is -0.393 e. The van der Waals surface area contributed by atoms with Crippen LogP contribution in [0.3, 0.4) is 0 Å². The second-order valence-electron chi connectivity index (χ2n) is 3.78. The highest BCUT2D eigenvalue weighted by atomic mass is 32.1. The highest BCUT2D eigenvalue weighted by molar-refractivity contribution is 7.80. The van der Waals surface area contributed by atoms with Gasteiger partial charge >= 0.3 is 0 Å². The Hall–Kier alpha value is -1.43. The van der Waals surface area contributed by atoms with Gasteiger partial charge in [0.05, 0.1) is 16.7 Å². The smallest absolute Gasteiger partial charge is 0.254 e. The lowest BCUT2D eigenvalue weighted by molar-refractivity contribution is 0.0950. The third kappa shape index (κ3) is 2.79. The summed E-state index contributed by atoms with van der Waals surface area (Å²) in [7, 11) is 1.80. The van der Waals surface area contributed by atoms with Crippen molar-refractivity contribution in [3.8, 4) is 0 Å². The third-order valence-electron chi connectivity index (χ3n) is 2.53. The van der Waals surface area contributed by atoms with Gasteiger partial charge in [-0.15, -0.1) is 0 Å². The predicted molar refractivity (Wildman–Crippen MR) is 66.2 cm³/mol. The van der Waals surface area contributed by atoms with Crippen LogP contribution >= 0.6 is 12.2 Å². The van der Waals surface area contributed by atoms with E-state index in [2.05, 4.69) is 10.4 Å². The largest absolute Gasteiger partial charge is 0.393 e. The first-order valence-corrected chi connectivity index (χ1v) is 5.40. The Balaban J connectivity index is 2.60. The van der Waals surface area contributed by atoms with Gasteiger partial charge in [-0.3, -0.25) is 9.48 Å². The van der Waals surface area contributed by atoms with Gasteiger partial charge in [-0.25, -0.2) is 0 Å². The van der Waals surface area contributed by atoms with Gasteiger partial charge in [0.25, 0.3) is 5.91 Å². The predicted octanol–water partition coefficient (Wildman–Crippen LogP) is 0.381. The van der Waals surface area contributed by atoms with E-state index in [0.29, 0.717) is 17.1 Å². The number of aryl methyl sites for hydroxylation is 1. The number of aromatic nitrogens is 2. The Kier molecular flexibility index (Phi) is 4.00. The topological polar surface area (TPSA) is 72.9 Å². The first-order chi connectivity index (χ1) is 7.43. The lowest BCUT2D eigenvalue weighted by Crippen LogP contribution is -2.33. The summed E-state index contributed by atoms with van der Waals surface area (Å²) >= 11 is 4.83. The molecule has 1 aromatic heterocycles. The summed E-state index contributed by atoms with van der Waals surface area (Å²) in [6, 6.07) is 0. The number of carbonyl (C=O) groups is 1. The molecule has 0 saturated heterocycles. The fourth-order valence-corrected chi connectivity index (χ4v) is 1.25. The number of carbonyl (C=O) groups excluding carboxylic acids is 1. The number of amides is 1. The van der Waals surface area contributed by atoms with Crippen LogP contribution in [0.2, 0.25) is 0 Å². The molecule has 16 heavy (non-hydrogen) atoms. The molecule has 0 aliphatic heterocycles. The third-order valence-corrected chi connectivity index (χ3v) is 2.94. The number of nitrogens with zero attached hydrogens (tertiary/aromatic N) is 2. The SMILES string of the molecule is Cc1c(C(=O)NCC(C)C(N)=S)cnn1C. The van der Waals surface area contributed by atoms with E-state index in [1.165, 1.54) is 0 Å². The molecule has 1 amide bonds. The number of hydrogen-bond donors (Lipinski definition) is 2.